The largest absolute Gasteiger partial charge is 0.496 e. The maximum Gasteiger partial charge on any atom is 0.323 e. The topological polar surface area (TPSA) is 94.1 Å². The number of nitrogens with one attached hydrogen (secondary N) is 2. The third-order valence-corrected chi connectivity index (χ3v) is 4.24. The molecule has 0 fully saturated rings. The molecular formula is C21H22N6O2. The Morgan fingerprint density at radius 2 is 1.72 bits per heavy atom. The lowest BCUT2D eigenvalue weighted by Crippen LogP contribution is -2.11. The van der Waals surface area contributed by atoms with E-state index in [4.69, 9.17) is 9.47 Å². The predicted molar refractivity (Wildman–Crippen MR) is 111 cm³/mol. The summed E-state index contributed by atoms with van der Waals surface area (Å²) < 4.78 is 11.0. The lowest BCUT2D eigenvalue weighted by atomic mass is 10.1. The Bertz CT molecular complexity index is 976. The third kappa shape index (κ3) is 4.98. The highest BCUT2D eigenvalue weighted by Gasteiger charge is 2.10. The van der Waals surface area contributed by atoms with E-state index in [1.165, 1.54) is 0 Å². The second-order valence-corrected chi connectivity index (χ2v) is 6.30. The van der Waals surface area contributed by atoms with Gasteiger partial charge in [0, 0.05) is 24.5 Å². The number of ether oxygens (including phenoxy) is 2. The molecule has 2 aromatic heterocycles. The molecule has 0 saturated heterocycles. The molecule has 0 atom stereocenters. The van der Waals surface area contributed by atoms with Crippen molar-refractivity contribution in [1.82, 2.24) is 19.9 Å². The van der Waals surface area contributed by atoms with Crippen molar-refractivity contribution in [3.05, 3.63) is 60.6 Å². The van der Waals surface area contributed by atoms with Crippen LogP contribution >= 0.6 is 0 Å². The molecule has 8 nitrogen and oxygen atoms in total. The van der Waals surface area contributed by atoms with Gasteiger partial charge < -0.3 is 20.1 Å². The molecule has 0 unspecified atom stereocenters. The monoisotopic (exact) mass is 390 g/mol. The third-order valence-electron chi connectivity index (χ3n) is 4.24. The highest BCUT2D eigenvalue weighted by molar-refractivity contribution is 5.66. The Labute approximate surface area is 169 Å². The number of pyridine rings is 1. The normalized spacial score (nSPS) is 12.8. The zero-order valence-corrected chi connectivity index (χ0v) is 16.1. The fourth-order valence-electron chi connectivity index (χ4n) is 2.86. The van der Waals surface area contributed by atoms with E-state index < -0.39 is 0 Å². The molecule has 1 aliphatic rings. The zero-order valence-electron chi connectivity index (χ0n) is 16.1. The van der Waals surface area contributed by atoms with E-state index in [1.54, 1.807) is 12.4 Å². The van der Waals surface area contributed by atoms with Crippen LogP contribution in [0.2, 0.25) is 0 Å². The summed E-state index contributed by atoms with van der Waals surface area (Å²) in [5, 5.41) is 6.37. The molecule has 0 radical (unpaired) electrons. The number of rotatable bonds is 8. The van der Waals surface area contributed by atoms with Gasteiger partial charge in [-0.1, -0.05) is 12.1 Å². The van der Waals surface area contributed by atoms with Crippen molar-refractivity contribution < 1.29 is 9.47 Å². The Hall–Kier alpha value is -3.68. The van der Waals surface area contributed by atoms with Crippen molar-refractivity contribution >= 4 is 17.6 Å². The van der Waals surface area contributed by atoms with E-state index in [0.717, 1.165) is 35.6 Å². The molecule has 148 valence electrons. The summed E-state index contributed by atoms with van der Waals surface area (Å²) in [5.41, 5.74) is 3.08. The van der Waals surface area contributed by atoms with E-state index in [2.05, 4.69) is 36.6 Å². The van der Waals surface area contributed by atoms with Crippen LogP contribution in [0.15, 0.2) is 60.6 Å². The minimum atomic E-state index is 0.266. The Balaban J connectivity index is 1.49. The van der Waals surface area contributed by atoms with Crippen LogP contribution in [-0.2, 0) is 4.74 Å². The second kappa shape index (κ2) is 9.01. The van der Waals surface area contributed by atoms with Crippen molar-refractivity contribution in [1.29, 1.82) is 0 Å². The summed E-state index contributed by atoms with van der Waals surface area (Å²) >= 11 is 0. The zero-order chi connectivity index (χ0) is 19.9. The maximum atomic E-state index is 5.50. The van der Waals surface area contributed by atoms with E-state index >= 15 is 0 Å². The molecule has 0 saturated carbocycles. The molecule has 0 bridgehead atoms. The quantitative estimate of drug-likeness (QED) is 0.600. The maximum absolute atomic E-state index is 5.50. The molecule has 0 amide bonds. The van der Waals surface area contributed by atoms with Crippen LogP contribution in [0.3, 0.4) is 0 Å². The molecule has 3 heterocycles. The summed E-state index contributed by atoms with van der Waals surface area (Å²) in [6, 6.07) is 12.2. The van der Waals surface area contributed by atoms with Crippen LogP contribution < -0.4 is 15.4 Å². The van der Waals surface area contributed by atoms with E-state index in [-0.39, 0.29) is 6.01 Å². The van der Waals surface area contributed by atoms with Crippen LogP contribution in [0.4, 0.5) is 17.6 Å². The van der Waals surface area contributed by atoms with Crippen molar-refractivity contribution in [3.63, 3.8) is 0 Å². The minimum absolute atomic E-state index is 0.266. The van der Waals surface area contributed by atoms with Crippen molar-refractivity contribution in [2.45, 2.75) is 13.3 Å². The molecule has 3 aromatic rings. The first-order valence-electron chi connectivity index (χ1n) is 9.52. The van der Waals surface area contributed by atoms with Gasteiger partial charge in [0.25, 0.3) is 0 Å². The standard InChI is InChI=1S/C21H22N6O2/c1-2-28-21-26-19(23-14-18-4-3-13-29-18)25-20(27-21)24-17-7-5-15(6-8-17)16-9-11-22-12-10-16/h4-12H,2-3,13-14H2,1H3,(H2,23,24,25,26,27). The molecule has 0 aliphatic carbocycles. The van der Waals surface area contributed by atoms with Crippen molar-refractivity contribution in [2.75, 3.05) is 30.4 Å². The molecule has 2 N–H and O–H groups in total. The van der Waals surface area contributed by atoms with E-state index in [1.807, 2.05) is 43.3 Å². The molecule has 29 heavy (non-hydrogen) atoms. The van der Waals surface area contributed by atoms with Gasteiger partial charge in [0.05, 0.1) is 19.8 Å². The SMILES string of the molecule is CCOc1nc(NCC2=CCCO2)nc(Nc2ccc(-c3ccncc3)cc2)n1. The minimum Gasteiger partial charge on any atom is -0.496 e. The fourth-order valence-corrected chi connectivity index (χ4v) is 2.86. The Morgan fingerprint density at radius 3 is 2.45 bits per heavy atom. The average Bonchev–Trinajstić information content (AvgIpc) is 3.27. The summed E-state index contributed by atoms with van der Waals surface area (Å²) in [5.74, 6) is 1.73. The highest BCUT2D eigenvalue weighted by atomic mass is 16.5. The molecule has 4 rings (SSSR count). The van der Waals surface area contributed by atoms with Crippen LogP contribution in [0, 0.1) is 0 Å². The summed E-state index contributed by atoms with van der Waals surface area (Å²) in [6.45, 7) is 3.60. The average molecular weight is 390 g/mol. The van der Waals surface area contributed by atoms with E-state index in [9.17, 15) is 0 Å². The summed E-state index contributed by atoms with van der Waals surface area (Å²) in [6.07, 6.45) is 6.55. The highest BCUT2D eigenvalue weighted by Crippen LogP contribution is 2.23. The lowest BCUT2D eigenvalue weighted by Gasteiger charge is -2.11. The lowest BCUT2D eigenvalue weighted by molar-refractivity contribution is 0.243. The number of hydrogen-bond donors (Lipinski definition) is 2. The Morgan fingerprint density at radius 1 is 0.966 bits per heavy atom. The first-order valence-corrected chi connectivity index (χ1v) is 9.52. The van der Waals surface area contributed by atoms with Gasteiger partial charge in [-0.05, 0) is 48.4 Å². The summed E-state index contributed by atoms with van der Waals surface area (Å²) in [7, 11) is 0. The number of hydrogen-bond acceptors (Lipinski definition) is 8. The molecule has 8 heteroatoms. The molecule has 0 spiro atoms. The smallest absolute Gasteiger partial charge is 0.323 e. The van der Waals surface area contributed by atoms with Crippen LogP contribution in [-0.4, -0.2) is 39.7 Å². The van der Waals surface area contributed by atoms with Gasteiger partial charge in [-0.25, -0.2) is 0 Å². The fraction of sp³-hybridized carbons (Fsp3) is 0.238. The van der Waals surface area contributed by atoms with Crippen molar-refractivity contribution in [3.8, 4) is 17.1 Å². The Kier molecular flexibility index (Phi) is 5.80. The molecular weight excluding hydrogens is 368 g/mol. The van der Waals surface area contributed by atoms with Crippen LogP contribution in [0.25, 0.3) is 11.1 Å². The van der Waals surface area contributed by atoms with Gasteiger partial charge in [0.15, 0.2) is 0 Å². The molecule has 1 aromatic carbocycles. The number of anilines is 3. The van der Waals surface area contributed by atoms with Gasteiger partial charge in [-0.15, -0.1) is 0 Å². The van der Waals surface area contributed by atoms with E-state index in [0.29, 0.717) is 25.0 Å². The first-order chi connectivity index (χ1) is 14.3. The van der Waals surface area contributed by atoms with Gasteiger partial charge in [-0.3, -0.25) is 4.98 Å². The van der Waals surface area contributed by atoms with Gasteiger partial charge in [-0.2, -0.15) is 15.0 Å². The predicted octanol–water partition coefficient (Wildman–Crippen LogP) is 3.79. The van der Waals surface area contributed by atoms with Gasteiger partial charge >= 0.3 is 6.01 Å². The number of nitrogens with zero attached hydrogens (tertiary/aromatic N) is 4. The second-order valence-electron chi connectivity index (χ2n) is 6.30. The first kappa shape index (κ1) is 18.7. The van der Waals surface area contributed by atoms with Gasteiger partial charge in [0.2, 0.25) is 11.9 Å². The number of benzene rings is 1. The summed E-state index contributed by atoms with van der Waals surface area (Å²) in [4.78, 5) is 17.1. The van der Waals surface area contributed by atoms with Crippen molar-refractivity contribution in [2.24, 2.45) is 0 Å². The van der Waals surface area contributed by atoms with Crippen LogP contribution in [0.1, 0.15) is 13.3 Å². The van der Waals surface area contributed by atoms with Gasteiger partial charge in [0.1, 0.15) is 5.76 Å². The molecule has 1 aliphatic heterocycles. The van der Waals surface area contributed by atoms with Crippen LogP contribution in [0.5, 0.6) is 6.01 Å². The number of aromatic nitrogens is 4.